The van der Waals surface area contributed by atoms with Crippen LogP contribution in [0.2, 0.25) is 0 Å². The van der Waals surface area contributed by atoms with Crippen LogP contribution in [0.3, 0.4) is 0 Å². The van der Waals surface area contributed by atoms with Crippen LogP contribution < -0.4 is 5.32 Å². The number of carbonyl (C=O) groups is 2. The summed E-state index contributed by atoms with van der Waals surface area (Å²) in [7, 11) is 0. The van der Waals surface area contributed by atoms with Crippen molar-refractivity contribution in [1.82, 2.24) is 10.2 Å². The molecule has 1 aromatic carbocycles. The number of amides is 2. The van der Waals surface area contributed by atoms with Gasteiger partial charge in [-0.05, 0) is 37.1 Å². The number of benzene rings is 1. The molecule has 4 nitrogen and oxygen atoms in total. The van der Waals surface area contributed by atoms with Gasteiger partial charge < -0.3 is 10.2 Å². The lowest BCUT2D eigenvalue weighted by atomic mass is 9.93. The molecule has 1 aliphatic heterocycles. The van der Waals surface area contributed by atoms with E-state index in [0.29, 0.717) is 25.9 Å². The molecule has 7 heteroatoms. The first kappa shape index (κ1) is 19.3. The Morgan fingerprint density at radius 2 is 1.56 bits per heavy atom. The number of hydrogen-bond donors (Lipinski definition) is 1. The number of carbonyl (C=O) groups excluding carboxylic acids is 2. The molecule has 1 heterocycles. The predicted molar refractivity (Wildman–Crippen MR) is 88.0 cm³/mol. The zero-order valence-electron chi connectivity index (χ0n) is 14.6. The molecule has 0 saturated carbocycles. The lowest BCUT2D eigenvalue weighted by Gasteiger charge is -2.36. The molecule has 0 bridgehead atoms. The van der Waals surface area contributed by atoms with E-state index in [1.165, 1.54) is 12.1 Å². The van der Waals surface area contributed by atoms with Crippen LogP contribution in [-0.4, -0.2) is 35.8 Å². The van der Waals surface area contributed by atoms with Crippen molar-refractivity contribution in [3.8, 4) is 0 Å². The number of nitrogens with one attached hydrogen (secondary N) is 1. The van der Waals surface area contributed by atoms with Gasteiger partial charge in [-0.3, -0.25) is 9.59 Å². The van der Waals surface area contributed by atoms with Gasteiger partial charge in [0.15, 0.2) is 0 Å². The number of nitrogens with zero attached hydrogens (tertiary/aromatic N) is 1. The Hall–Kier alpha value is -2.05. The molecular formula is C18H23F3N2O2. The van der Waals surface area contributed by atoms with Crippen LogP contribution in [-0.2, 0) is 11.0 Å². The summed E-state index contributed by atoms with van der Waals surface area (Å²) in [4.78, 5) is 26.2. The molecule has 1 fully saturated rings. The first-order chi connectivity index (χ1) is 11.5. The van der Waals surface area contributed by atoms with Crippen molar-refractivity contribution in [1.29, 1.82) is 0 Å². The van der Waals surface area contributed by atoms with E-state index >= 15 is 0 Å². The van der Waals surface area contributed by atoms with Crippen LogP contribution in [0.15, 0.2) is 24.3 Å². The Balaban J connectivity index is 1.89. The number of halogens is 3. The first-order valence-electron chi connectivity index (χ1n) is 8.26. The second kappa shape index (κ2) is 7.06. The third-order valence-corrected chi connectivity index (χ3v) is 4.23. The van der Waals surface area contributed by atoms with Crippen molar-refractivity contribution < 1.29 is 22.8 Å². The van der Waals surface area contributed by atoms with Crippen LogP contribution in [0.5, 0.6) is 0 Å². The fourth-order valence-electron chi connectivity index (χ4n) is 2.78. The Bertz CT molecular complexity index is 625. The molecular weight excluding hydrogens is 333 g/mol. The van der Waals surface area contributed by atoms with Crippen LogP contribution >= 0.6 is 0 Å². The van der Waals surface area contributed by atoms with E-state index in [2.05, 4.69) is 5.32 Å². The molecule has 138 valence electrons. The predicted octanol–water partition coefficient (Wildman–Crippen LogP) is 3.47. The van der Waals surface area contributed by atoms with Gasteiger partial charge in [-0.15, -0.1) is 0 Å². The van der Waals surface area contributed by atoms with Crippen molar-refractivity contribution >= 4 is 11.8 Å². The van der Waals surface area contributed by atoms with Crippen molar-refractivity contribution in [2.45, 2.75) is 45.8 Å². The van der Waals surface area contributed by atoms with Crippen molar-refractivity contribution in [3.05, 3.63) is 35.4 Å². The summed E-state index contributed by atoms with van der Waals surface area (Å²) in [5, 5.41) is 2.83. The van der Waals surface area contributed by atoms with Gasteiger partial charge >= 0.3 is 6.18 Å². The monoisotopic (exact) mass is 356 g/mol. The maximum atomic E-state index is 12.5. The van der Waals surface area contributed by atoms with E-state index in [1.54, 1.807) is 4.90 Å². The molecule has 1 N–H and O–H groups in total. The molecule has 25 heavy (non-hydrogen) atoms. The highest BCUT2D eigenvalue weighted by atomic mass is 19.4. The van der Waals surface area contributed by atoms with Gasteiger partial charge in [-0.2, -0.15) is 13.2 Å². The molecule has 2 rings (SSSR count). The summed E-state index contributed by atoms with van der Waals surface area (Å²) in [6.45, 7) is 6.73. The quantitative estimate of drug-likeness (QED) is 0.882. The van der Waals surface area contributed by atoms with Gasteiger partial charge in [-0.1, -0.05) is 20.8 Å². The van der Waals surface area contributed by atoms with E-state index in [-0.39, 0.29) is 17.5 Å². The number of piperidine rings is 1. The van der Waals surface area contributed by atoms with Crippen molar-refractivity contribution in [3.63, 3.8) is 0 Å². The second-order valence-corrected chi connectivity index (χ2v) is 7.37. The van der Waals surface area contributed by atoms with Crippen LogP contribution in [0.1, 0.15) is 49.5 Å². The minimum Gasteiger partial charge on any atom is -0.349 e. The average Bonchev–Trinajstić information content (AvgIpc) is 2.53. The third-order valence-electron chi connectivity index (χ3n) is 4.23. The largest absolute Gasteiger partial charge is 0.416 e. The van der Waals surface area contributed by atoms with E-state index in [4.69, 9.17) is 0 Å². The van der Waals surface area contributed by atoms with Gasteiger partial charge in [0, 0.05) is 30.1 Å². The molecule has 0 unspecified atom stereocenters. The zero-order chi connectivity index (χ0) is 18.8. The summed E-state index contributed by atoms with van der Waals surface area (Å²) in [6, 6.07) is 4.07. The molecule has 1 saturated heterocycles. The highest BCUT2D eigenvalue weighted by Crippen LogP contribution is 2.29. The standard InChI is InChI=1S/C18H23F3N2O2/c1-17(2,3)16(25)23-10-8-14(9-11-23)22-15(24)12-4-6-13(7-5-12)18(19,20)21/h4-7,14H,8-11H2,1-3H3,(H,22,24). The second-order valence-electron chi connectivity index (χ2n) is 7.37. The Morgan fingerprint density at radius 3 is 2.00 bits per heavy atom. The lowest BCUT2D eigenvalue weighted by molar-refractivity contribution is -0.140. The SMILES string of the molecule is CC(C)(C)C(=O)N1CCC(NC(=O)c2ccc(C(F)(F)F)cc2)CC1. The fraction of sp³-hybridized carbons (Fsp3) is 0.556. The van der Waals surface area contributed by atoms with Crippen LogP contribution in [0, 0.1) is 5.41 Å². The van der Waals surface area contributed by atoms with Gasteiger partial charge in [0.05, 0.1) is 5.56 Å². The smallest absolute Gasteiger partial charge is 0.349 e. The minimum atomic E-state index is -4.42. The summed E-state index contributed by atoms with van der Waals surface area (Å²) in [5.41, 5.74) is -1.02. The summed E-state index contributed by atoms with van der Waals surface area (Å²) in [6.07, 6.45) is -3.15. The van der Waals surface area contributed by atoms with Gasteiger partial charge in [0.25, 0.3) is 5.91 Å². The normalized spacial score (nSPS) is 16.6. The maximum absolute atomic E-state index is 12.5. The maximum Gasteiger partial charge on any atom is 0.416 e. The molecule has 2 amide bonds. The molecule has 0 radical (unpaired) electrons. The van der Waals surface area contributed by atoms with E-state index in [9.17, 15) is 22.8 Å². The summed E-state index contributed by atoms with van der Waals surface area (Å²) in [5.74, 6) is -0.311. The fourth-order valence-corrected chi connectivity index (χ4v) is 2.78. The molecule has 1 aliphatic rings. The molecule has 0 atom stereocenters. The number of alkyl halides is 3. The molecule has 0 spiro atoms. The van der Waals surface area contributed by atoms with Crippen molar-refractivity contribution in [2.24, 2.45) is 5.41 Å². The number of hydrogen-bond acceptors (Lipinski definition) is 2. The number of rotatable bonds is 2. The minimum absolute atomic E-state index is 0.0833. The zero-order valence-corrected chi connectivity index (χ0v) is 14.6. The van der Waals surface area contributed by atoms with Gasteiger partial charge in [-0.25, -0.2) is 0 Å². The van der Waals surface area contributed by atoms with Crippen LogP contribution in [0.25, 0.3) is 0 Å². The molecule has 0 aliphatic carbocycles. The highest BCUT2D eigenvalue weighted by Gasteiger charge is 2.32. The van der Waals surface area contributed by atoms with Crippen molar-refractivity contribution in [2.75, 3.05) is 13.1 Å². The lowest BCUT2D eigenvalue weighted by Crippen LogP contribution is -2.49. The molecule has 0 aromatic heterocycles. The summed E-state index contributed by atoms with van der Waals surface area (Å²) < 4.78 is 37.6. The topological polar surface area (TPSA) is 49.4 Å². The molecule has 1 aromatic rings. The average molecular weight is 356 g/mol. The van der Waals surface area contributed by atoms with Gasteiger partial charge in [0.1, 0.15) is 0 Å². The Morgan fingerprint density at radius 1 is 1.04 bits per heavy atom. The summed E-state index contributed by atoms with van der Waals surface area (Å²) >= 11 is 0. The highest BCUT2D eigenvalue weighted by molar-refractivity contribution is 5.94. The Kier molecular flexibility index (Phi) is 5.44. The number of likely N-dealkylation sites (tertiary alicyclic amines) is 1. The van der Waals surface area contributed by atoms with Gasteiger partial charge in [0.2, 0.25) is 5.91 Å². The first-order valence-corrected chi connectivity index (χ1v) is 8.26. The Labute approximate surface area is 145 Å². The van der Waals surface area contributed by atoms with Crippen LogP contribution in [0.4, 0.5) is 13.2 Å². The van der Waals surface area contributed by atoms with E-state index in [0.717, 1.165) is 12.1 Å². The van der Waals surface area contributed by atoms with E-state index < -0.39 is 23.1 Å². The van der Waals surface area contributed by atoms with E-state index in [1.807, 2.05) is 20.8 Å². The third kappa shape index (κ3) is 4.96.